The maximum Gasteiger partial charge on any atom is 0.350 e. The van der Waals surface area contributed by atoms with E-state index in [9.17, 15) is 17.2 Å². The van der Waals surface area contributed by atoms with Crippen LogP contribution in [0.1, 0.15) is 12.8 Å². The van der Waals surface area contributed by atoms with Gasteiger partial charge in [-0.1, -0.05) is 0 Å². The van der Waals surface area contributed by atoms with Gasteiger partial charge in [0, 0.05) is 13.2 Å². The molecule has 1 heterocycles. The van der Waals surface area contributed by atoms with Gasteiger partial charge in [0.05, 0.1) is 12.1 Å². The van der Waals surface area contributed by atoms with Gasteiger partial charge in [-0.2, -0.15) is 8.78 Å². The first kappa shape index (κ1) is 12.8. The van der Waals surface area contributed by atoms with Crippen molar-refractivity contribution in [3.05, 3.63) is 0 Å². The molecular formula is C7H13F2NO4S. The van der Waals surface area contributed by atoms with Crippen molar-refractivity contribution in [2.45, 2.75) is 24.1 Å². The van der Waals surface area contributed by atoms with Gasteiger partial charge in [-0.25, -0.2) is 13.1 Å². The lowest BCUT2D eigenvalue weighted by atomic mass is 9.93. The third-order valence-electron chi connectivity index (χ3n) is 2.35. The van der Waals surface area contributed by atoms with Gasteiger partial charge in [-0.3, -0.25) is 0 Å². The number of ether oxygens (including phenoxy) is 1. The molecule has 1 fully saturated rings. The zero-order valence-corrected chi connectivity index (χ0v) is 8.77. The summed E-state index contributed by atoms with van der Waals surface area (Å²) < 4.78 is 52.9. The zero-order valence-electron chi connectivity index (χ0n) is 7.95. The van der Waals surface area contributed by atoms with Crippen LogP contribution in [0.4, 0.5) is 8.78 Å². The first-order chi connectivity index (χ1) is 6.92. The normalized spacial score (nSPS) is 21.9. The Morgan fingerprint density at radius 1 is 1.40 bits per heavy atom. The summed E-state index contributed by atoms with van der Waals surface area (Å²) >= 11 is 0. The molecule has 90 valence electrons. The molecule has 15 heavy (non-hydrogen) atoms. The summed E-state index contributed by atoms with van der Waals surface area (Å²) in [5, 5.41) is 9.06. The molecule has 0 aromatic carbocycles. The Labute approximate surface area is 86.5 Å². The molecule has 2 N–H and O–H groups in total. The lowest BCUT2D eigenvalue weighted by Gasteiger charge is -2.35. The van der Waals surface area contributed by atoms with Crippen molar-refractivity contribution in [3.63, 3.8) is 0 Å². The van der Waals surface area contributed by atoms with Crippen LogP contribution in [0.2, 0.25) is 0 Å². The molecule has 0 spiro atoms. The van der Waals surface area contributed by atoms with E-state index in [0.29, 0.717) is 0 Å². The number of hydrogen-bond acceptors (Lipinski definition) is 4. The second-order valence-electron chi connectivity index (χ2n) is 3.46. The Hall–Kier alpha value is -0.310. The summed E-state index contributed by atoms with van der Waals surface area (Å²) in [6.07, 6.45) is 0.380. The third-order valence-corrected chi connectivity index (χ3v) is 3.53. The van der Waals surface area contributed by atoms with Crippen LogP contribution in [0.3, 0.4) is 0 Å². The fourth-order valence-electron chi connectivity index (χ4n) is 1.40. The maximum atomic E-state index is 12.1. The van der Waals surface area contributed by atoms with E-state index in [1.807, 2.05) is 4.72 Å². The highest BCUT2D eigenvalue weighted by molar-refractivity contribution is 7.89. The minimum absolute atomic E-state index is 0.190. The van der Waals surface area contributed by atoms with E-state index >= 15 is 0 Å². The van der Waals surface area contributed by atoms with Crippen molar-refractivity contribution < 1.29 is 27.0 Å². The van der Waals surface area contributed by atoms with Gasteiger partial charge < -0.3 is 9.84 Å². The number of halogens is 2. The minimum atomic E-state index is -4.67. The first-order valence-electron chi connectivity index (χ1n) is 4.41. The van der Waals surface area contributed by atoms with E-state index in [-0.39, 0.29) is 26.1 Å². The van der Waals surface area contributed by atoms with E-state index in [0.717, 1.165) is 0 Å². The minimum Gasteiger partial charge on any atom is -0.394 e. The fraction of sp³-hybridized carbons (Fsp3) is 1.00. The molecular weight excluding hydrogens is 232 g/mol. The first-order valence-corrected chi connectivity index (χ1v) is 5.96. The summed E-state index contributed by atoms with van der Waals surface area (Å²) in [7, 11) is -4.67. The zero-order chi connectivity index (χ0) is 11.5. The van der Waals surface area contributed by atoms with Gasteiger partial charge in [-0.15, -0.1) is 0 Å². The number of rotatable bonds is 4. The Bertz CT molecular complexity index is 300. The fourth-order valence-corrected chi connectivity index (χ4v) is 2.36. The van der Waals surface area contributed by atoms with Gasteiger partial charge >= 0.3 is 5.76 Å². The molecule has 5 nitrogen and oxygen atoms in total. The largest absolute Gasteiger partial charge is 0.394 e. The standard InChI is InChI=1S/C7H13F2NO4S/c8-6(9)15(12,13)10-7(5-11)1-3-14-4-2-7/h6,10-11H,1-5H2. The van der Waals surface area contributed by atoms with Crippen molar-refractivity contribution in [2.24, 2.45) is 0 Å². The van der Waals surface area contributed by atoms with Crippen LogP contribution < -0.4 is 4.72 Å². The predicted molar refractivity (Wildman–Crippen MR) is 47.9 cm³/mol. The quantitative estimate of drug-likeness (QED) is 0.711. The van der Waals surface area contributed by atoms with Crippen molar-refractivity contribution in [2.75, 3.05) is 19.8 Å². The Balaban J connectivity index is 2.76. The summed E-state index contributed by atoms with van der Waals surface area (Å²) in [5.74, 6) is -3.48. The second-order valence-corrected chi connectivity index (χ2v) is 5.11. The van der Waals surface area contributed by atoms with Gasteiger partial charge in [0.15, 0.2) is 0 Å². The summed E-state index contributed by atoms with van der Waals surface area (Å²) in [6, 6.07) is 0. The lowest BCUT2D eigenvalue weighted by molar-refractivity contribution is 0.0214. The Morgan fingerprint density at radius 2 is 1.93 bits per heavy atom. The summed E-state index contributed by atoms with van der Waals surface area (Å²) in [6.45, 7) is -0.0268. The van der Waals surface area contributed by atoms with Crippen LogP contribution in [0.15, 0.2) is 0 Å². The molecule has 1 saturated heterocycles. The van der Waals surface area contributed by atoms with E-state index < -0.39 is 27.9 Å². The average Bonchev–Trinajstić information content (AvgIpc) is 2.18. The number of hydrogen-bond donors (Lipinski definition) is 2. The SMILES string of the molecule is O=S(=O)(NC1(CO)CCOCC1)C(F)F. The number of alkyl halides is 2. The van der Waals surface area contributed by atoms with Gasteiger partial charge in [0.1, 0.15) is 0 Å². The van der Waals surface area contributed by atoms with Crippen molar-refractivity contribution in [1.29, 1.82) is 0 Å². The molecule has 0 radical (unpaired) electrons. The Morgan fingerprint density at radius 3 is 2.33 bits per heavy atom. The molecule has 1 aliphatic rings. The van der Waals surface area contributed by atoms with Gasteiger partial charge in [0.2, 0.25) is 0 Å². The maximum absolute atomic E-state index is 12.1. The summed E-state index contributed by atoms with van der Waals surface area (Å²) in [4.78, 5) is 0. The molecule has 0 amide bonds. The monoisotopic (exact) mass is 245 g/mol. The van der Waals surface area contributed by atoms with Crippen LogP contribution >= 0.6 is 0 Å². The highest BCUT2D eigenvalue weighted by Gasteiger charge is 2.39. The highest BCUT2D eigenvalue weighted by atomic mass is 32.2. The van der Waals surface area contributed by atoms with Gasteiger partial charge in [0.25, 0.3) is 10.0 Å². The van der Waals surface area contributed by atoms with Crippen LogP contribution in [-0.2, 0) is 14.8 Å². The van der Waals surface area contributed by atoms with Crippen molar-refractivity contribution in [1.82, 2.24) is 4.72 Å². The topological polar surface area (TPSA) is 75.6 Å². The third kappa shape index (κ3) is 3.07. The van der Waals surface area contributed by atoms with Crippen LogP contribution in [-0.4, -0.2) is 44.6 Å². The molecule has 1 aliphatic heterocycles. The van der Waals surface area contributed by atoms with Gasteiger partial charge in [-0.05, 0) is 12.8 Å². The Kier molecular flexibility index (Phi) is 3.99. The van der Waals surface area contributed by atoms with Crippen molar-refractivity contribution >= 4 is 10.0 Å². The molecule has 0 bridgehead atoms. The van der Waals surface area contributed by atoms with Crippen LogP contribution in [0, 0.1) is 0 Å². The highest BCUT2D eigenvalue weighted by Crippen LogP contribution is 2.22. The molecule has 0 aromatic heterocycles. The van der Waals surface area contributed by atoms with E-state index in [1.54, 1.807) is 0 Å². The van der Waals surface area contributed by atoms with Crippen LogP contribution in [0.5, 0.6) is 0 Å². The average molecular weight is 245 g/mol. The van der Waals surface area contributed by atoms with Crippen LogP contribution in [0.25, 0.3) is 0 Å². The van der Waals surface area contributed by atoms with E-state index in [4.69, 9.17) is 9.84 Å². The number of nitrogens with one attached hydrogen (secondary N) is 1. The van der Waals surface area contributed by atoms with Crippen molar-refractivity contribution in [3.8, 4) is 0 Å². The number of aliphatic hydroxyl groups is 1. The number of sulfonamides is 1. The molecule has 0 aromatic rings. The second kappa shape index (κ2) is 4.69. The van der Waals surface area contributed by atoms with E-state index in [2.05, 4.69) is 0 Å². The molecule has 8 heteroatoms. The molecule has 0 unspecified atom stereocenters. The molecule has 0 atom stereocenters. The molecule has 1 rings (SSSR count). The smallest absolute Gasteiger partial charge is 0.350 e. The summed E-state index contributed by atoms with van der Waals surface area (Å²) in [5.41, 5.74) is -1.20. The lowest BCUT2D eigenvalue weighted by Crippen LogP contribution is -2.55. The predicted octanol–water partition coefficient (Wildman–Crippen LogP) is -0.330. The van der Waals surface area contributed by atoms with E-state index in [1.165, 1.54) is 0 Å². The number of aliphatic hydroxyl groups excluding tert-OH is 1. The molecule has 0 saturated carbocycles. The molecule has 0 aliphatic carbocycles.